The molecule has 3 rings (SSSR count). The molecule has 0 aliphatic carbocycles. The molecule has 1 aromatic carbocycles. The average Bonchev–Trinajstić information content (AvgIpc) is 2.47. The van der Waals surface area contributed by atoms with Crippen molar-refractivity contribution in [3.8, 4) is 0 Å². The van der Waals surface area contributed by atoms with Gasteiger partial charge in [0.05, 0.1) is 5.60 Å². The van der Waals surface area contributed by atoms with Crippen LogP contribution in [0.15, 0.2) is 24.3 Å². The molecule has 2 heterocycles. The van der Waals surface area contributed by atoms with Gasteiger partial charge in [0.2, 0.25) is 0 Å². The Morgan fingerprint density at radius 1 is 1.30 bits per heavy atom. The molecule has 2 saturated heterocycles. The first-order valence-electron chi connectivity index (χ1n) is 7.77. The lowest BCUT2D eigenvalue weighted by molar-refractivity contribution is -0.0933. The van der Waals surface area contributed by atoms with Gasteiger partial charge < -0.3 is 10.1 Å². The third kappa shape index (κ3) is 3.38. The summed E-state index contributed by atoms with van der Waals surface area (Å²) in [6, 6.07) is 9.29. The molecule has 3 heteroatoms. The molecule has 0 saturated carbocycles. The van der Waals surface area contributed by atoms with Gasteiger partial charge in [-0.1, -0.05) is 24.3 Å². The molecule has 1 spiro atoms. The Hall–Kier alpha value is -0.510. The fourth-order valence-electron chi connectivity index (χ4n) is 3.36. The number of aryl methyl sites for hydroxylation is 1. The molecule has 2 nitrogen and oxygen atoms in total. The lowest BCUT2D eigenvalue weighted by Crippen LogP contribution is -2.48. The number of hydrogen-bond acceptors (Lipinski definition) is 3. The van der Waals surface area contributed by atoms with Crippen molar-refractivity contribution in [3.05, 3.63) is 35.4 Å². The highest BCUT2D eigenvalue weighted by Gasteiger charge is 2.38. The third-order valence-corrected chi connectivity index (χ3v) is 5.73. The van der Waals surface area contributed by atoms with Crippen molar-refractivity contribution in [1.29, 1.82) is 0 Å². The highest BCUT2D eigenvalue weighted by atomic mass is 32.2. The minimum atomic E-state index is 0.187. The lowest BCUT2D eigenvalue weighted by Gasteiger charge is -2.43. The second kappa shape index (κ2) is 6.50. The van der Waals surface area contributed by atoms with E-state index in [1.165, 1.54) is 41.9 Å². The van der Waals surface area contributed by atoms with Gasteiger partial charge in [0.25, 0.3) is 0 Å². The zero-order valence-electron chi connectivity index (χ0n) is 12.4. The highest BCUT2D eigenvalue weighted by molar-refractivity contribution is 7.99. The molecule has 1 N–H and O–H groups in total. The molecule has 1 unspecified atom stereocenters. The number of thioether (sulfide) groups is 1. The summed E-state index contributed by atoms with van der Waals surface area (Å²) in [6.07, 6.45) is 4.82. The highest BCUT2D eigenvalue weighted by Crippen LogP contribution is 2.37. The van der Waals surface area contributed by atoms with Crippen LogP contribution in [0.3, 0.4) is 0 Å². The van der Waals surface area contributed by atoms with Crippen molar-refractivity contribution < 1.29 is 4.74 Å². The minimum Gasteiger partial charge on any atom is -0.375 e. The van der Waals surface area contributed by atoms with Crippen molar-refractivity contribution >= 4 is 11.8 Å². The number of rotatable bonds is 3. The largest absolute Gasteiger partial charge is 0.375 e. The molecular formula is C17H25NOS. The molecule has 0 amide bonds. The zero-order chi connectivity index (χ0) is 13.8. The van der Waals surface area contributed by atoms with E-state index in [1.807, 2.05) is 0 Å². The molecule has 1 atom stereocenters. The summed E-state index contributed by atoms with van der Waals surface area (Å²) < 4.78 is 6.16. The van der Waals surface area contributed by atoms with Crippen molar-refractivity contribution in [2.75, 3.05) is 18.1 Å². The molecule has 0 bridgehead atoms. The van der Waals surface area contributed by atoms with E-state index in [0.29, 0.717) is 6.04 Å². The van der Waals surface area contributed by atoms with Crippen LogP contribution in [-0.4, -0.2) is 29.8 Å². The van der Waals surface area contributed by atoms with Gasteiger partial charge in [-0.3, -0.25) is 0 Å². The van der Waals surface area contributed by atoms with E-state index in [2.05, 4.69) is 48.3 Å². The van der Waals surface area contributed by atoms with E-state index >= 15 is 0 Å². The van der Waals surface area contributed by atoms with E-state index in [0.717, 1.165) is 19.6 Å². The van der Waals surface area contributed by atoms with Gasteiger partial charge in [0.15, 0.2) is 0 Å². The van der Waals surface area contributed by atoms with Crippen molar-refractivity contribution in [2.45, 2.75) is 50.8 Å². The number of nitrogens with one attached hydrogen (secondary N) is 1. The van der Waals surface area contributed by atoms with E-state index in [-0.39, 0.29) is 5.60 Å². The predicted octanol–water partition coefficient (Wildman–Crippen LogP) is 3.53. The number of ether oxygens (including phenoxy) is 1. The molecule has 0 radical (unpaired) electrons. The second-order valence-corrected chi connectivity index (χ2v) is 7.37. The van der Waals surface area contributed by atoms with Gasteiger partial charge in [0.1, 0.15) is 0 Å². The van der Waals surface area contributed by atoms with Gasteiger partial charge in [-0.25, -0.2) is 0 Å². The van der Waals surface area contributed by atoms with E-state index in [4.69, 9.17) is 4.74 Å². The predicted molar refractivity (Wildman–Crippen MR) is 86.3 cm³/mol. The Morgan fingerprint density at radius 3 is 2.90 bits per heavy atom. The summed E-state index contributed by atoms with van der Waals surface area (Å²) in [5.41, 5.74) is 3.00. The summed E-state index contributed by atoms with van der Waals surface area (Å²) in [4.78, 5) is 0. The first-order chi connectivity index (χ1) is 9.77. The van der Waals surface area contributed by atoms with Crippen LogP contribution in [0.4, 0.5) is 0 Å². The van der Waals surface area contributed by atoms with Gasteiger partial charge >= 0.3 is 0 Å². The van der Waals surface area contributed by atoms with Crippen LogP contribution in [0, 0.1) is 6.92 Å². The van der Waals surface area contributed by atoms with Crippen molar-refractivity contribution in [2.24, 2.45) is 0 Å². The lowest BCUT2D eigenvalue weighted by atomic mass is 9.85. The van der Waals surface area contributed by atoms with Crippen LogP contribution in [-0.2, 0) is 11.3 Å². The molecule has 1 aromatic rings. The molecule has 2 aliphatic rings. The van der Waals surface area contributed by atoms with E-state index < -0.39 is 0 Å². The summed E-state index contributed by atoms with van der Waals surface area (Å²) in [5.74, 6) is 2.54. The molecule has 2 aliphatic heterocycles. The standard InChI is InChI=1S/C17H25NOS/c1-14-4-2-3-5-15(14)13-18-16-6-9-19-17(12-16)7-10-20-11-8-17/h2-5,16,18H,6-13H2,1H3. The monoisotopic (exact) mass is 291 g/mol. The Balaban J connectivity index is 1.56. The van der Waals surface area contributed by atoms with Crippen LogP contribution < -0.4 is 5.32 Å². The smallest absolute Gasteiger partial charge is 0.0713 e. The molecular weight excluding hydrogens is 266 g/mol. The van der Waals surface area contributed by atoms with Gasteiger partial charge in [-0.2, -0.15) is 11.8 Å². The van der Waals surface area contributed by atoms with Gasteiger partial charge in [-0.05, 0) is 55.2 Å². The normalized spacial score (nSPS) is 25.8. The van der Waals surface area contributed by atoms with Crippen LogP contribution in [0.1, 0.15) is 36.8 Å². The molecule has 2 fully saturated rings. The van der Waals surface area contributed by atoms with Crippen LogP contribution in [0.25, 0.3) is 0 Å². The Kier molecular flexibility index (Phi) is 4.69. The zero-order valence-corrected chi connectivity index (χ0v) is 13.2. The topological polar surface area (TPSA) is 21.3 Å². The van der Waals surface area contributed by atoms with E-state index in [1.54, 1.807) is 0 Å². The maximum absolute atomic E-state index is 6.16. The quantitative estimate of drug-likeness (QED) is 0.920. The van der Waals surface area contributed by atoms with Crippen LogP contribution >= 0.6 is 11.8 Å². The summed E-state index contributed by atoms with van der Waals surface area (Å²) in [7, 11) is 0. The Morgan fingerprint density at radius 2 is 2.10 bits per heavy atom. The maximum Gasteiger partial charge on any atom is 0.0713 e. The fraction of sp³-hybridized carbons (Fsp3) is 0.647. The first-order valence-corrected chi connectivity index (χ1v) is 8.93. The van der Waals surface area contributed by atoms with Crippen molar-refractivity contribution in [1.82, 2.24) is 5.32 Å². The molecule has 20 heavy (non-hydrogen) atoms. The van der Waals surface area contributed by atoms with Crippen molar-refractivity contribution in [3.63, 3.8) is 0 Å². The van der Waals surface area contributed by atoms with Crippen LogP contribution in [0.5, 0.6) is 0 Å². The Labute approximate surface area is 126 Å². The Bertz CT molecular complexity index is 437. The fourth-order valence-corrected chi connectivity index (χ4v) is 4.59. The van der Waals surface area contributed by atoms with Gasteiger partial charge in [-0.15, -0.1) is 0 Å². The molecule has 110 valence electrons. The van der Waals surface area contributed by atoms with Crippen LogP contribution in [0.2, 0.25) is 0 Å². The summed E-state index contributed by atoms with van der Waals surface area (Å²) in [5, 5.41) is 3.76. The molecule has 0 aromatic heterocycles. The average molecular weight is 291 g/mol. The summed E-state index contributed by atoms with van der Waals surface area (Å²) >= 11 is 2.08. The van der Waals surface area contributed by atoms with E-state index in [9.17, 15) is 0 Å². The summed E-state index contributed by atoms with van der Waals surface area (Å²) in [6.45, 7) is 4.11. The van der Waals surface area contributed by atoms with Gasteiger partial charge in [0, 0.05) is 19.2 Å². The third-order valence-electron chi connectivity index (χ3n) is 4.74. The minimum absolute atomic E-state index is 0.187. The first kappa shape index (κ1) is 14.4. The SMILES string of the molecule is Cc1ccccc1CNC1CCOC2(CCSCC2)C1. The number of hydrogen-bond donors (Lipinski definition) is 1. The second-order valence-electron chi connectivity index (χ2n) is 6.14. The number of benzene rings is 1. The maximum atomic E-state index is 6.16.